The Morgan fingerprint density at radius 3 is 2.56 bits per heavy atom. The molecule has 0 aliphatic rings. The zero-order valence-corrected chi connectivity index (χ0v) is 18.3. The Bertz CT molecular complexity index is 1410. The average molecular weight is 452 g/mol. The number of aromatic nitrogens is 4. The molecule has 164 valence electrons. The molecule has 0 aliphatic heterocycles. The van der Waals surface area contributed by atoms with E-state index in [2.05, 4.69) is 25.1 Å². The van der Waals surface area contributed by atoms with E-state index < -0.39 is 15.9 Å². The fraction of sp³-hybridized carbons (Fsp3) is 0.143. The van der Waals surface area contributed by atoms with Crippen molar-refractivity contribution in [1.29, 1.82) is 0 Å². The molecule has 0 unspecified atom stereocenters. The largest absolute Gasteiger partial charge is 0.480 e. The monoisotopic (exact) mass is 452 g/mol. The molecule has 11 heteroatoms. The van der Waals surface area contributed by atoms with Gasteiger partial charge in [0.05, 0.1) is 30.2 Å². The molecule has 2 N–H and O–H groups in total. The second-order valence-corrected chi connectivity index (χ2v) is 8.69. The standard InChI is InChI=1S/C21H20N6O4S/c1-13-5-4-6-14(2)19(13)26-32(29,30)17-9-16(10-22-21(17)31-3)25-20(28)15-7-8-18-23-12-24-27(18)11-15/h4-12,26H,1-3H3,(H,25,28). The molecule has 0 atom stereocenters. The van der Waals surface area contributed by atoms with Crippen molar-refractivity contribution in [1.82, 2.24) is 19.6 Å². The molecule has 4 rings (SSSR count). The van der Waals surface area contributed by atoms with Gasteiger partial charge in [-0.1, -0.05) is 18.2 Å². The summed E-state index contributed by atoms with van der Waals surface area (Å²) < 4.78 is 35.5. The van der Waals surface area contributed by atoms with Crippen LogP contribution in [0.2, 0.25) is 0 Å². The topological polar surface area (TPSA) is 128 Å². The molecule has 0 saturated heterocycles. The van der Waals surface area contributed by atoms with Crippen molar-refractivity contribution in [3.05, 3.63) is 71.8 Å². The number of sulfonamides is 1. The maximum Gasteiger partial charge on any atom is 0.267 e. The number of nitrogens with one attached hydrogen (secondary N) is 2. The predicted molar refractivity (Wildman–Crippen MR) is 118 cm³/mol. The van der Waals surface area contributed by atoms with E-state index in [1.807, 2.05) is 32.0 Å². The Kier molecular flexibility index (Phi) is 5.49. The number of aryl methyl sites for hydroxylation is 2. The third-order valence-electron chi connectivity index (χ3n) is 4.81. The van der Waals surface area contributed by atoms with E-state index in [4.69, 9.17) is 4.74 Å². The summed E-state index contributed by atoms with van der Waals surface area (Å²) in [6, 6.07) is 10.0. The SMILES string of the molecule is COc1ncc(NC(=O)c2ccc3ncnn3c2)cc1S(=O)(=O)Nc1c(C)cccc1C. The maximum absolute atomic E-state index is 13.1. The van der Waals surface area contributed by atoms with Crippen LogP contribution >= 0.6 is 0 Å². The van der Waals surface area contributed by atoms with Crippen LogP contribution in [0.3, 0.4) is 0 Å². The fourth-order valence-electron chi connectivity index (χ4n) is 3.17. The summed E-state index contributed by atoms with van der Waals surface area (Å²) in [5, 5.41) is 6.66. The molecular weight excluding hydrogens is 432 g/mol. The number of hydrogen-bond donors (Lipinski definition) is 2. The molecule has 0 aliphatic carbocycles. The van der Waals surface area contributed by atoms with Crippen LogP contribution in [0.5, 0.6) is 5.88 Å². The van der Waals surface area contributed by atoms with E-state index in [-0.39, 0.29) is 16.5 Å². The smallest absolute Gasteiger partial charge is 0.267 e. The Morgan fingerprint density at radius 2 is 1.84 bits per heavy atom. The summed E-state index contributed by atoms with van der Waals surface area (Å²) in [6.45, 7) is 3.62. The quantitative estimate of drug-likeness (QED) is 0.460. The molecule has 10 nitrogen and oxygen atoms in total. The van der Waals surface area contributed by atoms with E-state index in [1.165, 1.54) is 36.4 Å². The van der Waals surface area contributed by atoms with Crippen LogP contribution in [0, 0.1) is 13.8 Å². The van der Waals surface area contributed by atoms with Crippen molar-refractivity contribution < 1.29 is 17.9 Å². The molecule has 0 bridgehead atoms. The first-order valence-corrected chi connectivity index (χ1v) is 11.0. The fourth-order valence-corrected chi connectivity index (χ4v) is 4.51. The number of amides is 1. The van der Waals surface area contributed by atoms with E-state index in [0.29, 0.717) is 16.9 Å². The van der Waals surface area contributed by atoms with Crippen molar-refractivity contribution in [2.75, 3.05) is 17.1 Å². The second-order valence-electron chi connectivity index (χ2n) is 7.04. The van der Waals surface area contributed by atoms with Gasteiger partial charge in [-0.3, -0.25) is 9.52 Å². The predicted octanol–water partition coefficient (Wildman–Crippen LogP) is 2.80. The Morgan fingerprint density at radius 1 is 1.09 bits per heavy atom. The summed E-state index contributed by atoms with van der Waals surface area (Å²) in [6.07, 6.45) is 4.22. The van der Waals surface area contributed by atoms with Gasteiger partial charge in [0.2, 0.25) is 5.88 Å². The lowest BCUT2D eigenvalue weighted by molar-refractivity contribution is 0.102. The van der Waals surface area contributed by atoms with Crippen LogP contribution in [0.25, 0.3) is 5.65 Å². The Labute approximate surface area is 184 Å². The molecule has 1 amide bonds. The van der Waals surface area contributed by atoms with E-state index in [0.717, 1.165) is 11.1 Å². The number of anilines is 2. The number of fused-ring (bicyclic) bond motifs is 1. The minimum atomic E-state index is -4.06. The van der Waals surface area contributed by atoms with Gasteiger partial charge in [0.1, 0.15) is 6.33 Å². The molecule has 0 saturated carbocycles. The minimum Gasteiger partial charge on any atom is -0.480 e. The van der Waals surface area contributed by atoms with Crippen LogP contribution in [0.4, 0.5) is 11.4 Å². The van der Waals surface area contributed by atoms with Crippen molar-refractivity contribution in [2.45, 2.75) is 18.7 Å². The van der Waals surface area contributed by atoms with Gasteiger partial charge in [-0.25, -0.2) is 22.9 Å². The Balaban J connectivity index is 1.65. The third kappa shape index (κ3) is 4.10. The Hall–Kier alpha value is -3.99. The maximum atomic E-state index is 13.1. The normalized spacial score (nSPS) is 11.3. The van der Waals surface area contributed by atoms with Gasteiger partial charge in [0.15, 0.2) is 10.5 Å². The number of benzene rings is 1. The highest BCUT2D eigenvalue weighted by atomic mass is 32.2. The van der Waals surface area contributed by atoms with E-state index >= 15 is 0 Å². The zero-order valence-electron chi connectivity index (χ0n) is 17.5. The van der Waals surface area contributed by atoms with Gasteiger partial charge in [0, 0.05) is 6.20 Å². The first-order chi connectivity index (χ1) is 15.3. The number of para-hydroxylation sites is 1. The first kappa shape index (κ1) is 21.2. The van der Waals surface area contributed by atoms with Crippen LogP contribution in [0.15, 0.2) is 60.0 Å². The van der Waals surface area contributed by atoms with Crippen molar-refractivity contribution in [3.63, 3.8) is 0 Å². The van der Waals surface area contributed by atoms with Crippen molar-refractivity contribution in [3.8, 4) is 5.88 Å². The molecule has 4 aromatic rings. The van der Waals surface area contributed by atoms with Crippen LogP contribution in [-0.2, 0) is 10.0 Å². The van der Waals surface area contributed by atoms with Gasteiger partial charge in [-0.05, 0) is 43.2 Å². The molecule has 32 heavy (non-hydrogen) atoms. The van der Waals surface area contributed by atoms with Gasteiger partial charge < -0.3 is 10.1 Å². The lowest BCUT2D eigenvalue weighted by Gasteiger charge is -2.15. The highest BCUT2D eigenvalue weighted by molar-refractivity contribution is 7.92. The molecule has 3 aromatic heterocycles. The van der Waals surface area contributed by atoms with E-state index in [9.17, 15) is 13.2 Å². The van der Waals surface area contributed by atoms with Crippen molar-refractivity contribution in [2.24, 2.45) is 0 Å². The number of carbonyl (C=O) groups is 1. The number of hydrogen-bond acceptors (Lipinski definition) is 7. The van der Waals surface area contributed by atoms with Gasteiger partial charge in [-0.2, -0.15) is 5.10 Å². The number of nitrogens with zero attached hydrogens (tertiary/aromatic N) is 4. The summed E-state index contributed by atoms with van der Waals surface area (Å²) >= 11 is 0. The minimum absolute atomic E-state index is 0.0919. The molecule has 1 aromatic carbocycles. The molecule has 0 radical (unpaired) electrons. The van der Waals surface area contributed by atoms with E-state index in [1.54, 1.807) is 12.1 Å². The number of ether oxygens (including phenoxy) is 1. The summed E-state index contributed by atoms with van der Waals surface area (Å²) in [5.41, 5.74) is 3.12. The molecular formula is C21H20N6O4S. The first-order valence-electron chi connectivity index (χ1n) is 9.52. The van der Waals surface area contributed by atoms with Crippen LogP contribution in [0.1, 0.15) is 21.5 Å². The summed E-state index contributed by atoms with van der Waals surface area (Å²) in [5.74, 6) is -0.550. The third-order valence-corrected chi connectivity index (χ3v) is 6.16. The van der Waals surface area contributed by atoms with Crippen molar-refractivity contribution >= 4 is 33.0 Å². The van der Waals surface area contributed by atoms with Crippen LogP contribution < -0.4 is 14.8 Å². The van der Waals surface area contributed by atoms with Crippen LogP contribution in [-0.4, -0.2) is 41.0 Å². The number of rotatable bonds is 6. The average Bonchev–Trinajstić information content (AvgIpc) is 3.24. The van der Waals surface area contributed by atoms with Gasteiger partial charge >= 0.3 is 0 Å². The zero-order chi connectivity index (χ0) is 22.9. The molecule has 3 heterocycles. The van der Waals surface area contributed by atoms with Gasteiger partial charge in [-0.15, -0.1) is 0 Å². The van der Waals surface area contributed by atoms with Gasteiger partial charge in [0.25, 0.3) is 15.9 Å². The number of carbonyl (C=O) groups excluding carboxylic acids is 1. The summed E-state index contributed by atoms with van der Waals surface area (Å²) in [4.78, 5) is 20.6. The highest BCUT2D eigenvalue weighted by Crippen LogP contribution is 2.29. The lowest BCUT2D eigenvalue weighted by atomic mass is 10.1. The second kappa shape index (κ2) is 8.27. The number of pyridine rings is 2. The molecule has 0 spiro atoms. The number of methoxy groups -OCH3 is 1. The summed E-state index contributed by atoms with van der Waals surface area (Å²) in [7, 11) is -2.73. The molecule has 0 fully saturated rings. The lowest BCUT2D eigenvalue weighted by Crippen LogP contribution is -2.18. The highest BCUT2D eigenvalue weighted by Gasteiger charge is 2.23.